The number of aromatic nitrogens is 5. The number of rotatable bonds is 4. The van der Waals surface area contributed by atoms with Gasteiger partial charge in [0.1, 0.15) is 0 Å². The molecular formula is C12H12N6O. The standard InChI is InChI=1S/C12H12N6O/c13-10(5-9-6-15-7-16-9)12-17-11(18-19-12)8-1-3-14-4-2-8/h1-4,6-7,10H,5,13H2,(H,15,16)/t10-/m0/s1. The zero-order valence-corrected chi connectivity index (χ0v) is 10.0. The van der Waals surface area contributed by atoms with Gasteiger partial charge in [0.15, 0.2) is 0 Å². The molecule has 7 heteroatoms. The maximum absolute atomic E-state index is 6.02. The average Bonchev–Trinajstić information content (AvgIpc) is 3.10. The van der Waals surface area contributed by atoms with Gasteiger partial charge in [-0.1, -0.05) is 5.16 Å². The minimum atomic E-state index is -0.358. The summed E-state index contributed by atoms with van der Waals surface area (Å²) in [5.74, 6) is 0.916. The van der Waals surface area contributed by atoms with Gasteiger partial charge in [0.2, 0.25) is 11.7 Å². The zero-order valence-electron chi connectivity index (χ0n) is 10.0. The minimum Gasteiger partial charge on any atom is -0.348 e. The smallest absolute Gasteiger partial charge is 0.244 e. The lowest BCUT2D eigenvalue weighted by Crippen LogP contribution is -2.13. The molecule has 0 fully saturated rings. The monoisotopic (exact) mass is 256 g/mol. The minimum absolute atomic E-state index is 0.358. The topological polar surface area (TPSA) is 107 Å². The summed E-state index contributed by atoms with van der Waals surface area (Å²) in [4.78, 5) is 15.2. The lowest BCUT2D eigenvalue weighted by Gasteiger charge is -2.03. The number of H-pyrrole nitrogens is 1. The van der Waals surface area contributed by atoms with Gasteiger partial charge < -0.3 is 15.2 Å². The van der Waals surface area contributed by atoms with Crippen molar-refractivity contribution in [3.8, 4) is 11.4 Å². The molecule has 0 spiro atoms. The molecule has 96 valence electrons. The molecule has 3 rings (SSSR count). The Morgan fingerprint density at radius 3 is 2.84 bits per heavy atom. The van der Waals surface area contributed by atoms with Crippen LogP contribution in [0.15, 0.2) is 41.6 Å². The van der Waals surface area contributed by atoms with E-state index in [4.69, 9.17) is 10.3 Å². The quantitative estimate of drug-likeness (QED) is 0.723. The Morgan fingerprint density at radius 2 is 2.11 bits per heavy atom. The maximum atomic E-state index is 6.02. The van der Waals surface area contributed by atoms with Crippen molar-refractivity contribution in [2.24, 2.45) is 5.73 Å². The number of nitrogens with one attached hydrogen (secondary N) is 1. The fourth-order valence-electron chi connectivity index (χ4n) is 1.72. The summed E-state index contributed by atoms with van der Waals surface area (Å²) in [6.07, 6.45) is 7.25. The van der Waals surface area contributed by atoms with Crippen molar-refractivity contribution in [3.63, 3.8) is 0 Å². The normalized spacial score (nSPS) is 12.5. The van der Waals surface area contributed by atoms with Crippen LogP contribution in [0.3, 0.4) is 0 Å². The first-order valence-corrected chi connectivity index (χ1v) is 5.80. The third-order valence-electron chi connectivity index (χ3n) is 2.69. The molecule has 0 saturated carbocycles. The second-order valence-electron chi connectivity index (χ2n) is 4.08. The molecule has 3 aromatic rings. The van der Waals surface area contributed by atoms with Crippen molar-refractivity contribution in [2.45, 2.75) is 12.5 Å². The molecule has 0 saturated heterocycles. The van der Waals surface area contributed by atoms with Crippen LogP contribution in [-0.2, 0) is 6.42 Å². The number of imidazole rings is 1. The molecule has 0 unspecified atom stereocenters. The summed E-state index contributed by atoms with van der Waals surface area (Å²) >= 11 is 0. The molecule has 0 aromatic carbocycles. The van der Waals surface area contributed by atoms with Crippen LogP contribution in [0.2, 0.25) is 0 Å². The molecular weight excluding hydrogens is 244 g/mol. The van der Waals surface area contributed by atoms with E-state index in [2.05, 4.69) is 25.1 Å². The van der Waals surface area contributed by atoms with Crippen LogP contribution < -0.4 is 5.73 Å². The highest BCUT2D eigenvalue weighted by atomic mass is 16.5. The number of nitrogens with zero attached hydrogens (tertiary/aromatic N) is 4. The van der Waals surface area contributed by atoms with Gasteiger partial charge in [0.25, 0.3) is 0 Å². The summed E-state index contributed by atoms with van der Waals surface area (Å²) in [6.45, 7) is 0. The van der Waals surface area contributed by atoms with E-state index < -0.39 is 0 Å². The molecule has 3 aromatic heterocycles. The van der Waals surface area contributed by atoms with Crippen LogP contribution >= 0.6 is 0 Å². The van der Waals surface area contributed by atoms with E-state index >= 15 is 0 Å². The van der Waals surface area contributed by atoms with E-state index in [0.717, 1.165) is 11.3 Å². The SMILES string of the molecule is N[C@@H](Cc1cnc[nH]1)c1nc(-c2ccncc2)no1. The number of hydrogen-bond acceptors (Lipinski definition) is 6. The third kappa shape index (κ3) is 2.50. The largest absolute Gasteiger partial charge is 0.348 e. The molecule has 0 amide bonds. The Hall–Kier alpha value is -2.54. The van der Waals surface area contributed by atoms with Crippen LogP contribution in [0.4, 0.5) is 0 Å². The molecule has 3 heterocycles. The first-order valence-electron chi connectivity index (χ1n) is 5.80. The van der Waals surface area contributed by atoms with Crippen LogP contribution in [0.5, 0.6) is 0 Å². The first-order chi connectivity index (χ1) is 9.33. The predicted octanol–water partition coefficient (Wildman–Crippen LogP) is 1.10. The Kier molecular flexibility index (Phi) is 3.03. The Morgan fingerprint density at radius 1 is 1.26 bits per heavy atom. The van der Waals surface area contributed by atoms with Crippen LogP contribution in [0.1, 0.15) is 17.6 Å². The molecule has 0 bridgehead atoms. The van der Waals surface area contributed by atoms with Gasteiger partial charge in [-0.25, -0.2) is 4.98 Å². The summed E-state index contributed by atoms with van der Waals surface area (Å²) in [5.41, 5.74) is 7.79. The fourth-order valence-corrected chi connectivity index (χ4v) is 1.72. The lowest BCUT2D eigenvalue weighted by atomic mass is 10.2. The highest BCUT2D eigenvalue weighted by Crippen LogP contribution is 2.18. The number of nitrogens with two attached hydrogens (primary N) is 1. The number of aromatic amines is 1. The molecule has 0 aliphatic carbocycles. The number of hydrogen-bond donors (Lipinski definition) is 2. The third-order valence-corrected chi connectivity index (χ3v) is 2.69. The van der Waals surface area contributed by atoms with E-state index in [1.165, 1.54) is 0 Å². The van der Waals surface area contributed by atoms with Gasteiger partial charge in [0, 0.05) is 36.3 Å². The highest BCUT2D eigenvalue weighted by molar-refractivity contribution is 5.52. The maximum Gasteiger partial charge on any atom is 0.244 e. The molecule has 3 N–H and O–H groups in total. The lowest BCUT2D eigenvalue weighted by molar-refractivity contribution is 0.354. The highest BCUT2D eigenvalue weighted by Gasteiger charge is 2.16. The van der Waals surface area contributed by atoms with Gasteiger partial charge in [-0.15, -0.1) is 0 Å². The van der Waals surface area contributed by atoms with Gasteiger partial charge >= 0.3 is 0 Å². The van der Waals surface area contributed by atoms with Crippen molar-refractivity contribution in [2.75, 3.05) is 0 Å². The van der Waals surface area contributed by atoms with Gasteiger partial charge in [-0.05, 0) is 12.1 Å². The second kappa shape index (κ2) is 4.99. The Balaban J connectivity index is 1.78. The van der Waals surface area contributed by atoms with Crippen molar-refractivity contribution < 1.29 is 4.52 Å². The first kappa shape index (κ1) is 11.5. The van der Waals surface area contributed by atoms with E-state index in [1.807, 2.05) is 12.1 Å². The van der Waals surface area contributed by atoms with Gasteiger partial charge in [0.05, 0.1) is 12.4 Å². The Bertz CT molecular complexity index is 633. The molecule has 1 atom stereocenters. The molecule has 7 nitrogen and oxygen atoms in total. The van der Waals surface area contributed by atoms with E-state index in [9.17, 15) is 0 Å². The van der Waals surface area contributed by atoms with E-state index in [-0.39, 0.29) is 6.04 Å². The van der Waals surface area contributed by atoms with E-state index in [0.29, 0.717) is 18.1 Å². The molecule has 0 aliphatic rings. The van der Waals surface area contributed by atoms with Crippen LogP contribution in [0.25, 0.3) is 11.4 Å². The molecule has 0 aliphatic heterocycles. The van der Waals surface area contributed by atoms with Crippen molar-refractivity contribution in [1.29, 1.82) is 0 Å². The fraction of sp³-hybridized carbons (Fsp3) is 0.167. The second-order valence-corrected chi connectivity index (χ2v) is 4.08. The van der Waals surface area contributed by atoms with Gasteiger partial charge in [-0.3, -0.25) is 4.98 Å². The summed E-state index contributed by atoms with van der Waals surface area (Å²) < 4.78 is 5.19. The van der Waals surface area contributed by atoms with Crippen molar-refractivity contribution in [1.82, 2.24) is 25.1 Å². The summed E-state index contributed by atoms with van der Waals surface area (Å²) in [7, 11) is 0. The summed E-state index contributed by atoms with van der Waals surface area (Å²) in [6, 6.07) is 3.27. The van der Waals surface area contributed by atoms with Crippen molar-refractivity contribution in [3.05, 3.63) is 48.6 Å². The number of pyridine rings is 1. The van der Waals surface area contributed by atoms with Crippen LogP contribution in [-0.4, -0.2) is 25.1 Å². The van der Waals surface area contributed by atoms with E-state index in [1.54, 1.807) is 24.9 Å². The predicted molar refractivity (Wildman–Crippen MR) is 66.7 cm³/mol. The molecule has 19 heavy (non-hydrogen) atoms. The average molecular weight is 256 g/mol. The summed E-state index contributed by atoms with van der Waals surface area (Å²) in [5, 5.41) is 3.92. The van der Waals surface area contributed by atoms with Crippen LogP contribution in [0, 0.1) is 0 Å². The zero-order chi connectivity index (χ0) is 13.1. The van der Waals surface area contributed by atoms with Crippen molar-refractivity contribution >= 4 is 0 Å². The van der Waals surface area contributed by atoms with Gasteiger partial charge in [-0.2, -0.15) is 4.98 Å². The molecule has 0 radical (unpaired) electrons. The Labute approximate surface area is 108 Å².